The predicted molar refractivity (Wildman–Crippen MR) is 66.3 cm³/mol. The van der Waals surface area contributed by atoms with Crippen molar-refractivity contribution in [3.05, 3.63) is 30.1 Å². The minimum absolute atomic E-state index is 0.239. The first-order valence-electron chi connectivity index (χ1n) is 6.06. The fraction of sp³-hybridized carbons (Fsp3) is 0.538. The normalized spacial score (nSPS) is 24.4. The summed E-state index contributed by atoms with van der Waals surface area (Å²) >= 11 is 0. The molecule has 4 nitrogen and oxygen atoms in total. The first-order chi connectivity index (χ1) is 8.22. The summed E-state index contributed by atoms with van der Waals surface area (Å²) in [6.07, 6.45) is 2.42. The molecule has 1 aliphatic rings. The standard InChI is InChI=1S/C13H19N3O/c1-10-11(8-14-2)7-13(17)16(10)9-12-5-3-4-6-15-12/h3-6,10-11,14H,7-9H2,1-2H3. The molecule has 0 spiro atoms. The Morgan fingerprint density at radius 3 is 3.00 bits per heavy atom. The summed E-state index contributed by atoms with van der Waals surface area (Å²) in [6.45, 7) is 3.64. The molecule has 17 heavy (non-hydrogen) atoms. The van der Waals surface area contributed by atoms with Crippen molar-refractivity contribution in [1.82, 2.24) is 15.2 Å². The van der Waals surface area contributed by atoms with E-state index in [1.165, 1.54) is 0 Å². The number of amides is 1. The smallest absolute Gasteiger partial charge is 0.223 e. The van der Waals surface area contributed by atoms with Crippen LogP contribution in [0.1, 0.15) is 19.0 Å². The molecule has 0 bridgehead atoms. The second-order valence-corrected chi connectivity index (χ2v) is 4.61. The van der Waals surface area contributed by atoms with E-state index in [0.717, 1.165) is 12.2 Å². The van der Waals surface area contributed by atoms with E-state index in [2.05, 4.69) is 17.2 Å². The second-order valence-electron chi connectivity index (χ2n) is 4.61. The average molecular weight is 233 g/mol. The molecule has 92 valence electrons. The van der Waals surface area contributed by atoms with Gasteiger partial charge in [-0.25, -0.2) is 0 Å². The average Bonchev–Trinajstić information content (AvgIpc) is 2.59. The van der Waals surface area contributed by atoms with Gasteiger partial charge in [-0.05, 0) is 26.1 Å². The molecule has 1 aliphatic heterocycles. The van der Waals surface area contributed by atoms with Crippen molar-refractivity contribution in [1.29, 1.82) is 0 Å². The fourth-order valence-corrected chi connectivity index (χ4v) is 2.40. The van der Waals surface area contributed by atoms with Crippen LogP contribution in [0.5, 0.6) is 0 Å². The Morgan fingerprint density at radius 2 is 2.35 bits per heavy atom. The Kier molecular flexibility index (Phi) is 3.74. The van der Waals surface area contributed by atoms with Crippen molar-refractivity contribution in [2.75, 3.05) is 13.6 Å². The molecule has 0 radical (unpaired) electrons. The molecule has 2 heterocycles. The number of aromatic nitrogens is 1. The van der Waals surface area contributed by atoms with Crippen LogP contribution in [-0.2, 0) is 11.3 Å². The lowest BCUT2D eigenvalue weighted by atomic mass is 10.0. The second kappa shape index (κ2) is 5.27. The van der Waals surface area contributed by atoms with E-state index in [9.17, 15) is 4.79 Å². The zero-order chi connectivity index (χ0) is 12.3. The Hall–Kier alpha value is -1.42. The Morgan fingerprint density at radius 1 is 1.53 bits per heavy atom. The molecule has 1 N–H and O–H groups in total. The largest absolute Gasteiger partial charge is 0.334 e. The van der Waals surface area contributed by atoms with E-state index in [1.54, 1.807) is 6.20 Å². The Bertz CT molecular complexity index is 380. The summed E-state index contributed by atoms with van der Waals surface area (Å²) in [5, 5.41) is 3.15. The third kappa shape index (κ3) is 2.64. The van der Waals surface area contributed by atoms with Crippen LogP contribution in [0.15, 0.2) is 24.4 Å². The summed E-state index contributed by atoms with van der Waals surface area (Å²) in [7, 11) is 1.93. The van der Waals surface area contributed by atoms with Crippen molar-refractivity contribution in [2.24, 2.45) is 5.92 Å². The summed E-state index contributed by atoms with van der Waals surface area (Å²) in [5.41, 5.74) is 0.956. The lowest BCUT2D eigenvalue weighted by Gasteiger charge is -2.24. The van der Waals surface area contributed by atoms with Gasteiger partial charge < -0.3 is 10.2 Å². The maximum atomic E-state index is 11.9. The van der Waals surface area contributed by atoms with Crippen LogP contribution >= 0.6 is 0 Å². The molecule has 0 aliphatic carbocycles. The number of nitrogens with one attached hydrogen (secondary N) is 1. The van der Waals surface area contributed by atoms with Crippen LogP contribution in [0.4, 0.5) is 0 Å². The molecule has 4 heteroatoms. The number of nitrogens with zero attached hydrogens (tertiary/aromatic N) is 2. The van der Waals surface area contributed by atoms with Crippen LogP contribution in [-0.4, -0.2) is 35.4 Å². The molecule has 1 saturated heterocycles. The Labute approximate surface area is 102 Å². The fourth-order valence-electron chi connectivity index (χ4n) is 2.40. The molecule has 2 unspecified atom stereocenters. The molecule has 2 atom stereocenters. The van der Waals surface area contributed by atoms with Gasteiger partial charge in [0.05, 0.1) is 12.2 Å². The van der Waals surface area contributed by atoms with E-state index in [-0.39, 0.29) is 11.9 Å². The van der Waals surface area contributed by atoms with Crippen molar-refractivity contribution in [3.63, 3.8) is 0 Å². The lowest BCUT2D eigenvalue weighted by Crippen LogP contribution is -2.35. The van der Waals surface area contributed by atoms with Crippen molar-refractivity contribution < 1.29 is 4.79 Å². The minimum atomic E-state index is 0.239. The number of rotatable bonds is 4. The molecule has 0 aromatic carbocycles. The molecular formula is C13H19N3O. The molecule has 0 saturated carbocycles. The zero-order valence-electron chi connectivity index (χ0n) is 10.4. The highest BCUT2D eigenvalue weighted by molar-refractivity contribution is 5.79. The van der Waals surface area contributed by atoms with E-state index in [1.807, 2.05) is 30.1 Å². The van der Waals surface area contributed by atoms with Crippen molar-refractivity contribution >= 4 is 5.91 Å². The maximum absolute atomic E-state index is 11.9. The summed E-state index contributed by atoms with van der Waals surface area (Å²) in [4.78, 5) is 18.2. The molecular weight excluding hydrogens is 214 g/mol. The number of carbonyl (C=O) groups is 1. The lowest BCUT2D eigenvalue weighted by molar-refractivity contribution is -0.129. The Balaban J connectivity index is 2.04. The summed E-state index contributed by atoms with van der Waals surface area (Å²) in [6, 6.07) is 6.10. The van der Waals surface area contributed by atoms with Gasteiger partial charge in [-0.3, -0.25) is 9.78 Å². The van der Waals surface area contributed by atoms with E-state index in [0.29, 0.717) is 18.9 Å². The number of hydrogen-bond acceptors (Lipinski definition) is 3. The molecule has 1 amide bonds. The number of likely N-dealkylation sites (tertiary alicyclic amines) is 1. The highest BCUT2D eigenvalue weighted by Crippen LogP contribution is 2.26. The molecule has 1 aromatic rings. The quantitative estimate of drug-likeness (QED) is 0.845. The van der Waals surface area contributed by atoms with Crippen LogP contribution in [0, 0.1) is 5.92 Å². The number of hydrogen-bond donors (Lipinski definition) is 1. The van der Waals surface area contributed by atoms with E-state index in [4.69, 9.17) is 0 Å². The number of carbonyl (C=O) groups excluding carboxylic acids is 1. The van der Waals surface area contributed by atoms with Gasteiger partial charge in [-0.1, -0.05) is 6.07 Å². The van der Waals surface area contributed by atoms with Gasteiger partial charge in [0, 0.05) is 31.1 Å². The minimum Gasteiger partial charge on any atom is -0.334 e. The highest BCUT2D eigenvalue weighted by atomic mass is 16.2. The van der Waals surface area contributed by atoms with Crippen LogP contribution in [0.25, 0.3) is 0 Å². The zero-order valence-corrected chi connectivity index (χ0v) is 10.4. The third-order valence-corrected chi connectivity index (χ3v) is 3.46. The first kappa shape index (κ1) is 12.0. The van der Waals surface area contributed by atoms with Crippen LogP contribution in [0.2, 0.25) is 0 Å². The number of pyridine rings is 1. The van der Waals surface area contributed by atoms with Gasteiger partial charge in [-0.2, -0.15) is 0 Å². The highest BCUT2D eigenvalue weighted by Gasteiger charge is 2.36. The molecule has 1 fully saturated rings. The van der Waals surface area contributed by atoms with E-state index < -0.39 is 0 Å². The van der Waals surface area contributed by atoms with E-state index >= 15 is 0 Å². The monoisotopic (exact) mass is 233 g/mol. The van der Waals surface area contributed by atoms with Gasteiger partial charge in [0.1, 0.15) is 0 Å². The predicted octanol–water partition coefficient (Wildman–Crippen LogP) is 1.04. The van der Waals surface area contributed by atoms with Crippen molar-refractivity contribution in [2.45, 2.75) is 25.9 Å². The van der Waals surface area contributed by atoms with Crippen molar-refractivity contribution in [3.8, 4) is 0 Å². The SMILES string of the molecule is CNCC1CC(=O)N(Cc2ccccn2)C1C. The van der Waals surface area contributed by atoms with Gasteiger partial charge in [-0.15, -0.1) is 0 Å². The van der Waals surface area contributed by atoms with Gasteiger partial charge in [0.25, 0.3) is 0 Å². The van der Waals surface area contributed by atoms with Crippen LogP contribution < -0.4 is 5.32 Å². The third-order valence-electron chi connectivity index (χ3n) is 3.46. The maximum Gasteiger partial charge on any atom is 0.223 e. The molecule has 1 aromatic heterocycles. The summed E-state index contributed by atoms with van der Waals surface area (Å²) in [5.74, 6) is 0.652. The summed E-state index contributed by atoms with van der Waals surface area (Å²) < 4.78 is 0. The van der Waals surface area contributed by atoms with Gasteiger partial charge >= 0.3 is 0 Å². The molecule has 2 rings (SSSR count). The topological polar surface area (TPSA) is 45.2 Å². The first-order valence-corrected chi connectivity index (χ1v) is 6.06. The van der Waals surface area contributed by atoms with Crippen LogP contribution in [0.3, 0.4) is 0 Å². The van der Waals surface area contributed by atoms with Gasteiger partial charge in [0.2, 0.25) is 5.91 Å². The van der Waals surface area contributed by atoms with Gasteiger partial charge in [0.15, 0.2) is 0 Å².